The minimum absolute atomic E-state index is 0. The summed E-state index contributed by atoms with van der Waals surface area (Å²) in [5, 5.41) is 0. The number of alkyl halides is 1. The Morgan fingerprint density at radius 2 is 2.10 bits per heavy atom. The molecule has 0 unspecified atom stereocenters. The molecule has 10 heavy (non-hydrogen) atoms. The fraction of sp³-hybridized carbons (Fsp3) is 0.200. The van der Waals surface area contributed by atoms with Crippen LogP contribution in [0, 0.1) is 0 Å². The van der Waals surface area contributed by atoms with E-state index >= 15 is 0 Å². The molecular weight excluding hydrogens is 207 g/mol. The van der Waals surface area contributed by atoms with Gasteiger partial charge in [-0.1, -0.05) is 6.58 Å². The minimum atomic E-state index is -0.777. The molecule has 0 bridgehead atoms. The van der Waals surface area contributed by atoms with Gasteiger partial charge < -0.3 is 4.74 Å². The molecule has 0 aromatic rings. The predicted molar refractivity (Wildman–Crippen MR) is 32.0 cm³/mol. The number of carbonyl (C=O) groups excluding carboxylic acids is 2. The summed E-state index contributed by atoms with van der Waals surface area (Å²) >= 11 is 4.99. The number of esters is 2. The molecule has 5 heteroatoms. The molecule has 0 aliphatic carbocycles. The molecule has 3 nitrogen and oxygen atoms in total. The van der Waals surface area contributed by atoms with Crippen LogP contribution in [0.3, 0.4) is 0 Å². The number of ether oxygens (including phenoxy) is 1. The third-order valence-electron chi connectivity index (χ3n) is 0.490. The zero-order valence-corrected chi connectivity index (χ0v) is 6.59. The number of rotatable bonds is 2. The van der Waals surface area contributed by atoms with Gasteiger partial charge >= 0.3 is 11.9 Å². The molecule has 0 aromatic heterocycles. The molecule has 0 aliphatic heterocycles. The van der Waals surface area contributed by atoms with Crippen LogP contribution < -0.4 is 0 Å². The van der Waals surface area contributed by atoms with Crippen molar-refractivity contribution in [1.82, 2.24) is 0 Å². The van der Waals surface area contributed by atoms with Gasteiger partial charge in [-0.2, -0.15) is 0 Å². The Labute approximate surface area is 73.8 Å². The van der Waals surface area contributed by atoms with Gasteiger partial charge in [-0.15, -0.1) is 11.6 Å². The molecule has 0 saturated carbocycles. The second kappa shape index (κ2) is 6.80. The van der Waals surface area contributed by atoms with Crippen molar-refractivity contribution in [2.24, 2.45) is 0 Å². The molecule has 0 fully saturated rings. The number of hydrogen-bond donors (Lipinski definition) is 0. The topological polar surface area (TPSA) is 43.4 Å². The number of hydrogen-bond acceptors (Lipinski definition) is 3. The molecule has 61 valence electrons. The summed E-state index contributed by atoms with van der Waals surface area (Å²) in [7, 11) is 0. The van der Waals surface area contributed by atoms with Crippen LogP contribution in [0.25, 0.3) is 0 Å². The third kappa shape index (κ3) is 5.82. The Balaban J connectivity index is 0. The average molecular weight is 212 g/mol. The van der Waals surface area contributed by atoms with Crippen molar-refractivity contribution in [3.8, 4) is 0 Å². The molecule has 1 radical (unpaired) electrons. The summed E-state index contributed by atoms with van der Waals surface area (Å²) in [4.78, 5) is 20.3. The monoisotopic (exact) mass is 211 g/mol. The Hall–Kier alpha value is -0.311. The van der Waals surface area contributed by atoms with Crippen molar-refractivity contribution in [1.29, 1.82) is 0 Å². The van der Waals surface area contributed by atoms with Crippen molar-refractivity contribution in [2.75, 3.05) is 5.88 Å². The van der Waals surface area contributed by atoms with E-state index in [1.165, 1.54) is 0 Å². The Kier molecular flexibility index (Phi) is 8.42. The SMILES string of the molecule is C=CC(=O)OC(=O)CCl.[Cu]. The summed E-state index contributed by atoms with van der Waals surface area (Å²) < 4.78 is 4.02. The van der Waals surface area contributed by atoms with Crippen molar-refractivity contribution >= 4 is 23.5 Å². The first-order chi connectivity index (χ1) is 4.20. The minimum Gasteiger partial charge on any atom is -0.389 e. The largest absolute Gasteiger partial charge is 0.389 e. The molecule has 0 rings (SSSR count). The van der Waals surface area contributed by atoms with Crippen LogP contribution in [-0.4, -0.2) is 17.8 Å². The van der Waals surface area contributed by atoms with E-state index in [9.17, 15) is 9.59 Å². The maximum Gasteiger partial charge on any atom is 0.337 e. The van der Waals surface area contributed by atoms with Crippen LogP contribution in [0.4, 0.5) is 0 Å². The Morgan fingerprint density at radius 1 is 1.60 bits per heavy atom. The number of halogens is 1. The molecule has 0 atom stereocenters. The molecule has 0 aliphatic rings. The molecule has 0 N–H and O–H groups in total. The van der Waals surface area contributed by atoms with Gasteiger partial charge in [-0.3, -0.25) is 4.79 Å². The average Bonchev–Trinajstić information content (AvgIpc) is 1.87. The first-order valence-corrected chi connectivity index (χ1v) is 2.67. The van der Waals surface area contributed by atoms with Gasteiger partial charge in [0.1, 0.15) is 5.88 Å². The fourth-order valence-electron chi connectivity index (χ4n) is 0.181. The zero-order valence-electron chi connectivity index (χ0n) is 4.90. The standard InChI is InChI=1S/C5H5ClO3.Cu/c1-2-4(7)9-5(8)3-6;/h2H,1,3H2;. The molecule has 0 saturated heterocycles. The van der Waals surface area contributed by atoms with Gasteiger partial charge in [0.25, 0.3) is 0 Å². The van der Waals surface area contributed by atoms with Crippen molar-refractivity contribution in [2.45, 2.75) is 0 Å². The molecule has 0 aromatic carbocycles. The first kappa shape index (κ1) is 12.4. The van der Waals surface area contributed by atoms with E-state index in [1.54, 1.807) is 0 Å². The predicted octanol–water partition coefficient (Wildman–Crippen LogP) is 0.478. The maximum atomic E-state index is 10.2. The number of carbonyl (C=O) groups is 2. The van der Waals surface area contributed by atoms with Gasteiger partial charge in [0.15, 0.2) is 0 Å². The summed E-state index contributed by atoms with van der Waals surface area (Å²) in [6.07, 6.45) is 0.893. The van der Waals surface area contributed by atoms with Crippen molar-refractivity contribution in [3.05, 3.63) is 12.7 Å². The van der Waals surface area contributed by atoms with Crippen LogP contribution >= 0.6 is 11.6 Å². The molecule has 0 heterocycles. The van der Waals surface area contributed by atoms with Gasteiger partial charge in [0.2, 0.25) is 0 Å². The van der Waals surface area contributed by atoms with E-state index in [4.69, 9.17) is 11.6 Å². The first-order valence-electron chi connectivity index (χ1n) is 2.13. The van der Waals surface area contributed by atoms with Crippen LogP contribution in [0.15, 0.2) is 12.7 Å². The second-order valence-corrected chi connectivity index (χ2v) is 1.40. The van der Waals surface area contributed by atoms with Crippen LogP contribution in [0.1, 0.15) is 0 Å². The summed E-state index contributed by atoms with van der Waals surface area (Å²) in [6.45, 7) is 3.08. The van der Waals surface area contributed by atoms with Gasteiger partial charge in [0, 0.05) is 23.1 Å². The van der Waals surface area contributed by atoms with Crippen LogP contribution in [-0.2, 0) is 31.4 Å². The van der Waals surface area contributed by atoms with Gasteiger partial charge in [0.05, 0.1) is 0 Å². The van der Waals surface area contributed by atoms with E-state index < -0.39 is 11.9 Å². The molecular formula is C5H5ClCuO3. The normalized spacial score (nSPS) is 7.30. The van der Waals surface area contributed by atoms with E-state index in [0.717, 1.165) is 6.08 Å². The quantitative estimate of drug-likeness (QED) is 0.220. The second-order valence-electron chi connectivity index (χ2n) is 1.13. The fourth-order valence-corrected chi connectivity index (χ4v) is 0.236. The van der Waals surface area contributed by atoms with Crippen LogP contribution in [0.2, 0.25) is 0 Å². The van der Waals surface area contributed by atoms with Crippen LogP contribution in [0.5, 0.6) is 0 Å². The molecule has 0 spiro atoms. The summed E-state index contributed by atoms with van der Waals surface area (Å²) in [6, 6.07) is 0. The van der Waals surface area contributed by atoms with Crippen molar-refractivity contribution < 1.29 is 31.4 Å². The zero-order chi connectivity index (χ0) is 7.28. The summed E-state index contributed by atoms with van der Waals surface area (Å²) in [5.41, 5.74) is 0. The third-order valence-corrected chi connectivity index (χ3v) is 0.708. The van der Waals surface area contributed by atoms with Crippen molar-refractivity contribution in [3.63, 3.8) is 0 Å². The van der Waals surface area contributed by atoms with E-state index in [1.807, 2.05) is 0 Å². The van der Waals surface area contributed by atoms with Gasteiger partial charge in [-0.25, -0.2) is 4.79 Å². The van der Waals surface area contributed by atoms with E-state index in [0.29, 0.717) is 0 Å². The Morgan fingerprint density at radius 3 is 2.40 bits per heavy atom. The van der Waals surface area contributed by atoms with Gasteiger partial charge in [-0.05, 0) is 0 Å². The smallest absolute Gasteiger partial charge is 0.337 e. The van der Waals surface area contributed by atoms with E-state index in [-0.39, 0.29) is 22.9 Å². The molecule has 0 amide bonds. The van der Waals surface area contributed by atoms with E-state index in [2.05, 4.69) is 11.3 Å². The maximum absolute atomic E-state index is 10.2. The summed E-state index contributed by atoms with van der Waals surface area (Å²) in [5.74, 6) is -1.86. The Bertz CT molecular complexity index is 146.